The highest BCUT2D eigenvalue weighted by atomic mass is 32.2. The number of hydrogen-bond donors (Lipinski definition) is 4. The Bertz CT molecular complexity index is 463. The van der Waals surface area contributed by atoms with Crippen molar-refractivity contribution in [2.45, 2.75) is 11.9 Å². The molecule has 0 fully saturated rings. The molecule has 0 aliphatic carbocycles. The molecule has 8 nitrogen and oxygen atoms in total. The Morgan fingerprint density at radius 3 is 2.93 bits per heavy atom. The van der Waals surface area contributed by atoms with E-state index in [2.05, 4.69) is 19.8 Å². The van der Waals surface area contributed by atoms with Gasteiger partial charge in [-0.2, -0.15) is 0 Å². The fraction of sp³-hybridized carbons (Fsp3) is 0.333. The topological polar surface area (TPSA) is 133 Å². The number of sulfonamides is 1. The third-order valence-electron chi connectivity index (χ3n) is 1.54. The van der Waals surface area contributed by atoms with Crippen molar-refractivity contribution in [1.82, 2.24) is 14.7 Å². The summed E-state index contributed by atoms with van der Waals surface area (Å²) in [6, 6.07) is 0. The Morgan fingerprint density at radius 1 is 1.80 bits per heavy atom. The molecule has 0 radical (unpaired) electrons. The predicted octanol–water partition coefficient (Wildman–Crippen LogP) is -1.26. The van der Waals surface area contributed by atoms with E-state index in [1.807, 2.05) is 0 Å². The molecule has 0 aliphatic heterocycles. The van der Waals surface area contributed by atoms with Gasteiger partial charge in [-0.05, 0) is 6.92 Å². The predicted molar refractivity (Wildman–Crippen MR) is 51.9 cm³/mol. The summed E-state index contributed by atoms with van der Waals surface area (Å²) in [4.78, 5) is 6.30. The van der Waals surface area contributed by atoms with Crippen LogP contribution in [-0.4, -0.2) is 36.0 Å². The van der Waals surface area contributed by atoms with E-state index in [0.29, 0.717) is 5.82 Å². The van der Waals surface area contributed by atoms with E-state index in [1.165, 1.54) is 6.20 Å². The molecule has 1 heterocycles. The Balaban J connectivity index is 2.77. The second-order valence-electron chi connectivity index (χ2n) is 2.75. The van der Waals surface area contributed by atoms with Gasteiger partial charge < -0.3 is 15.9 Å². The Labute approximate surface area is 86.2 Å². The lowest BCUT2D eigenvalue weighted by atomic mass is 10.6. The summed E-state index contributed by atoms with van der Waals surface area (Å²) in [5.74, 6) is 0.258. The second-order valence-corrected chi connectivity index (χ2v) is 4.48. The number of aryl methyl sites for hydroxylation is 1. The Morgan fingerprint density at radius 2 is 2.47 bits per heavy atom. The van der Waals surface area contributed by atoms with Gasteiger partial charge in [0.05, 0.1) is 12.7 Å². The number of aromatic amines is 1. The molecule has 1 aromatic rings. The number of imidazole rings is 1. The molecule has 0 saturated carbocycles. The van der Waals surface area contributed by atoms with Crippen LogP contribution in [0.2, 0.25) is 0 Å². The standard InChI is InChI=1S/C6H11N5O3S/c1-4-8-3-6(10-4)15(13,14)9-2-5(7)11-12/h3,9,12H,2H2,1H3,(H2,7,11)(H,8,10). The number of rotatable bonds is 4. The van der Waals surface area contributed by atoms with E-state index < -0.39 is 10.0 Å². The van der Waals surface area contributed by atoms with Gasteiger partial charge in [0.25, 0.3) is 10.0 Å². The number of nitrogens with zero attached hydrogens (tertiary/aromatic N) is 2. The Hall–Kier alpha value is -1.61. The van der Waals surface area contributed by atoms with Gasteiger partial charge in [0, 0.05) is 0 Å². The summed E-state index contributed by atoms with van der Waals surface area (Å²) in [6.45, 7) is 1.36. The van der Waals surface area contributed by atoms with E-state index in [0.717, 1.165) is 0 Å². The number of hydrogen-bond acceptors (Lipinski definition) is 5. The smallest absolute Gasteiger partial charge is 0.258 e. The minimum absolute atomic E-state index is 0.0641. The molecule has 0 saturated heterocycles. The maximum Gasteiger partial charge on any atom is 0.258 e. The van der Waals surface area contributed by atoms with Gasteiger partial charge in [-0.1, -0.05) is 5.16 Å². The van der Waals surface area contributed by atoms with Gasteiger partial charge in [-0.3, -0.25) is 0 Å². The molecule has 9 heteroatoms. The molecule has 0 aliphatic rings. The van der Waals surface area contributed by atoms with E-state index in [1.54, 1.807) is 6.92 Å². The molecule has 84 valence electrons. The minimum Gasteiger partial charge on any atom is -0.409 e. The van der Waals surface area contributed by atoms with Crippen LogP contribution < -0.4 is 10.5 Å². The molecule has 1 rings (SSSR count). The van der Waals surface area contributed by atoms with Crippen LogP contribution in [0.4, 0.5) is 0 Å². The number of nitrogens with one attached hydrogen (secondary N) is 2. The molecular weight excluding hydrogens is 222 g/mol. The van der Waals surface area contributed by atoms with Gasteiger partial charge in [0.2, 0.25) is 0 Å². The van der Waals surface area contributed by atoms with Crippen molar-refractivity contribution in [3.05, 3.63) is 12.0 Å². The summed E-state index contributed by atoms with van der Waals surface area (Å²) in [6.07, 6.45) is 1.18. The highest BCUT2D eigenvalue weighted by molar-refractivity contribution is 7.89. The van der Waals surface area contributed by atoms with E-state index in [4.69, 9.17) is 10.9 Å². The van der Waals surface area contributed by atoms with Crippen LogP contribution in [0, 0.1) is 6.92 Å². The molecule has 5 N–H and O–H groups in total. The van der Waals surface area contributed by atoms with E-state index in [-0.39, 0.29) is 17.4 Å². The molecule has 0 aromatic carbocycles. The van der Waals surface area contributed by atoms with Crippen LogP contribution in [0.1, 0.15) is 5.82 Å². The third-order valence-corrected chi connectivity index (χ3v) is 2.85. The normalized spacial score (nSPS) is 13.0. The fourth-order valence-electron chi connectivity index (χ4n) is 0.817. The molecule has 0 bridgehead atoms. The lowest BCUT2D eigenvalue weighted by Crippen LogP contribution is -2.33. The van der Waals surface area contributed by atoms with Crippen molar-refractivity contribution in [2.24, 2.45) is 10.9 Å². The monoisotopic (exact) mass is 233 g/mol. The number of H-pyrrole nitrogens is 1. The zero-order valence-electron chi connectivity index (χ0n) is 7.93. The van der Waals surface area contributed by atoms with Gasteiger partial charge in [0.1, 0.15) is 5.82 Å². The summed E-state index contributed by atoms with van der Waals surface area (Å²) >= 11 is 0. The zero-order valence-corrected chi connectivity index (χ0v) is 8.74. The zero-order chi connectivity index (χ0) is 11.5. The lowest BCUT2D eigenvalue weighted by Gasteiger charge is -2.02. The van der Waals surface area contributed by atoms with Gasteiger partial charge >= 0.3 is 0 Å². The van der Waals surface area contributed by atoms with Crippen molar-refractivity contribution in [3.63, 3.8) is 0 Å². The van der Waals surface area contributed by atoms with E-state index in [9.17, 15) is 8.42 Å². The highest BCUT2D eigenvalue weighted by Gasteiger charge is 2.16. The molecule has 0 unspecified atom stereocenters. The van der Waals surface area contributed by atoms with Crippen molar-refractivity contribution in [2.75, 3.05) is 6.54 Å². The SMILES string of the molecule is Cc1ncc(S(=O)(=O)NCC(N)=NO)[nH]1. The maximum absolute atomic E-state index is 11.5. The maximum atomic E-state index is 11.5. The summed E-state index contributed by atoms with van der Waals surface area (Å²) in [5, 5.41) is 10.8. The van der Waals surface area contributed by atoms with Crippen LogP contribution in [-0.2, 0) is 10.0 Å². The molecule has 0 atom stereocenters. The van der Waals surface area contributed by atoms with Crippen LogP contribution >= 0.6 is 0 Å². The first-order valence-corrected chi connectivity index (χ1v) is 5.41. The van der Waals surface area contributed by atoms with Crippen molar-refractivity contribution >= 4 is 15.9 Å². The van der Waals surface area contributed by atoms with Crippen LogP contribution in [0.15, 0.2) is 16.4 Å². The first-order chi connectivity index (χ1) is 6.95. The molecule has 0 amide bonds. The van der Waals surface area contributed by atoms with E-state index >= 15 is 0 Å². The van der Waals surface area contributed by atoms with Crippen molar-refractivity contribution in [1.29, 1.82) is 0 Å². The highest BCUT2D eigenvalue weighted by Crippen LogP contribution is 2.03. The van der Waals surface area contributed by atoms with Crippen molar-refractivity contribution < 1.29 is 13.6 Å². The van der Waals surface area contributed by atoms with Crippen LogP contribution in [0.25, 0.3) is 0 Å². The first-order valence-electron chi connectivity index (χ1n) is 3.93. The third kappa shape index (κ3) is 2.92. The summed E-state index contributed by atoms with van der Waals surface area (Å²) < 4.78 is 25.1. The van der Waals surface area contributed by atoms with Crippen LogP contribution in [0.3, 0.4) is 0 Å². The average Bonchev–Trinajstić information content (AvgIpc) is 2.62. The second kappa shape index (κ2) is 4.28. The fourth-order valence-corrected chi connectivity index (χ4v) is 1.78. The van der Waals surface area contributed by atoms with Gasteiger partial charge in [0.15, 0.2) is 10.9 Å². The molecule has 15 heavy (non-hydrogen) atoms. The molecule has 0 spiro atoms. The quantitative estimate of drug-likeness (QED) is 0.223. The largest absolute Gasteiger partial charge is 0.409 e. The Kier molecular flexibility index (Phi) is 3.27. The average molecular weight is 233 g/mol. The lowest BCUT2D eigenvalue weighted by molar-refractivity contribution is 0.317. The number of aromatic nitrogens is 2. The molecular formula is C6H11N5O3S. The molecule has 1 aromatic heterocycles. The number of amidine groups is 1. The van der Waals surface area contributed by atoms with Crippen molar-refractivity contribution in [3.8, 4) is 0 Å². The van der Waals surface area contributed by atoms with Gasteiger partial charge in [-0.15, -0.1) is 0 Å². The summed E-state index contributed by atoms with van der Waals surface area (Å²) in [7, 11) is -3.68. The first kappa shape index (κ1) is 11.5. The number of nitrogens with two attached hydrogens (primary N) is 1. The van der Waals surface area contributed by atoms with Crippen LogP contribution in [0.5, 0.6) is 0 Å². The van der Waals surface area contributed by atoms with Gasteiger partial charge in [-0.25, -0.2) is 18.1 Å². The summed E-state index contributed by atoms with van der Waals surface area (Å²) in [5.41, 5.74) is 5.11. The minimum atomic E-state index is -3.68. The number of oxime groups is 1.